The fraction of sp³-hybridized carbons (Fsp3) is 0.296. The molecule has 0 heterocycles. The minimum Gasteiger partial charge on any atom is -0.324 e. The maximum atomic E-state index is 13.6. The first-order chi connectivity index (χ1) is 15.6. The maximum absolute atomic E-state index is 13.6. The van der Waals surface area contributed by atoms with Gasteiger partial charge < -0.3 is 5.32 Å². The van der Waals surface area contributed by atoms with Crippen LogP contribution in [0.1, 0.15) is 56.2 Å². The number of carbonyl (C=O) groups is 1. The van der Waals surface area contributed by atoms with E-state index in [0.29, 0.717) is 5.69 Å². The Bertz CT molecular complexity index is 1190. The molecule has 33 heavy (non-hydrogen) atoms. The number of benzene rings is 3. The van der Waals surface area contributed by atoms with Gasteiger partial charge in [-0.1, -0.05) is 82.3 Å². The Hall–Kier alpha value is -3.12. The summed E-state index contributed by atoms with van der Waals surface area (Å²) in [6, 6.07) is 21.4. The van der Waals surface area contributed by atoms with Crippen LogP contribution in [-0.4, -0.2) is 20.9 Å². The van der Waals surface area contributed by atoms with Crippen LogP contribution in [0.2, 0.25) is 0 Å². The molecule has 0 radical (unpaired) electrons. The van der Waals surface area contributed by atoms with E-state index in [4.69, 9.17) is 0 Å². The van der Waals surface area contributed by atoms with Crippen LogP contribution in [-0.2, 0) is 14.8 Å². The maximum Gasteiger partial charge on any atom is 0.264 e. The van der Waals surface area contributed by atoms with Crippen LogP contribution in [0.25, 0.3) is 0 Å². The van der Waals surface area contributed by atoms with E-state index in [-0.39, 0.29) is 29.2 Å². The molecule has 0 saturated heterocycles. The lowest BCUT2D eigenvalue weighted by Gasteiger charge is -2.26. The first-order valence-corrected chi connectivity index (χ1v) is 12.6. The van der Waals surface area contributed by atoms with Crippen molar-refractivity contribution in [2.75, 3.05) is 16.2 Å². The highest BCUT2D eigenvalue weighted by Gasteiger charge is 2.28. The van der Waals surface area contributed by atoms with E-state index in [2.05, 4.69) is 33.0 Å². The first kappa shape index (κ1) is 24.5. The van der Waals surface area contributed by atoms with Gasteiger partial charge in [-0.25, -0.2) is 8.42 Å². The molecule has 6 heteroatoms. The summed E-state index contributed by atoms with van der Waals surface area (Å²) in [7, 11) is -3.94. The lowest BCUT2D eigenvalue weighted by Crippen LogP contribution is -2.38. The van der Waals surface area contributed by atoms with E-state index in [0.717, 1.165) is 22.4 Å². The van der Waals surface area contributed by atoms with E-state index in [1.165, 1.54) is 4.31 Å². The van der Waals surface area contributed by atoms with Crippen molar-refractivity contribution in [2.24, 2.45) is 0 Å². The van der Waals surface area contributed by atoms with E-state index in [1.807, 2.05) is 37.3 Å². The molecule has 174 valence electrons. The van der Waals surface area contributed by atoms with Gasteiger partial charge in [0.15, 0.2) is 0 Å². The number of hydrogen-bond acceptors (Lipinski definition) is 3. The number of anilines is 2. The third-order valence-corrected chi connectivity index (χ3v) is 7.41. The highest BCUT2D eigenvalue weighted by Crippen LogP contribution is 2.33. The Kier molecular flexibility index (Phi) is 7.59. The van der Waals surface area contributed by atoms with E-state index >= 15 is 0 Å². The topological polar surface area (TPSA) is 66.5 Å². The van der Waals surface area contributed by atoms with E-state index < -0.39 is 10.0 Å². The van der Waals surface area contributed by atoms with Crippen molar-refractivity contribution in [1.29, 1.82) is 0 Å². The quantitative estimate of drug-likeness (QED) is 0.440. The number of nitrogens with one attached hydrogen (secondary N) is 1. The Balaban J connectivity index is 2.02. The summed E-state index contributed by atoms with van der Waals surface area (Å²) in [6.45, 7) is 9.82. The summed E-state index contributed by atoms with van der Waals surface area (Å²) in [5.74, 6) is 0.0341. The first-order valence-electron chi connectivity index (χ1n) is 11.2. The second-order valence-electron chi connectivity index (χ2n) is 8.78. The molecule has 0 aliphatic carbocycles. The molecule has 0 aliphatic rings. The number of para-hydroxylation sites is 2. The van der Waals surface area contributed by atoms with Gasteiger partial charge in [-0.2, -0.15) is 0 Å². The average molecular weight is 465 g/mol. The normalized spacial score (nSPS) is 11.6. The van der Waals surface area contributed by atoms with Crippen LogP contribution in [0, 0.1) is 6.92 Å². The molecule has 0 aliphatic heterocycles. The molecule has 0 saturated carbocycles. The molecule has 3 aromatic carbocycles. The highest BCUT2D eigenvalue weighted by molar-refractivity contribution is 7.92. The molecule has 0 aromatic heterocycles. The second kappa shape index (κ2) is 10.2. The molecule has 5 nitrogen and oxygen atoms in total. The molecule has 0 spiro atoms. The van der Waals surface area contributed by atoms with Crippen molar-refractivity contribution >= 4 is 27.3 Å². The zero-order chi connectivity index (χ0) is 24.2. The van der Waals surface area contributed by atoms with Crippen LogP contribution >= 0.6 is 0 Å². The predicted molar refractivity (Wildman–Crippen MR) is 135 cm³/mol. The third-order valence-electron chi connectivity index (χ3n) is 5.64. The van der Waals surface area contributed by atoms with Crippen LogP contribution < -0.4 is 9.62 Å². The van der Waals surface area contributed by atoms with Crippen molar-refractivity contribution < 1.29 is 13.2 Å². The molecule has 0 unspecified atom stereocenters. The lowest BCUT2D eigenvalue weighted by atomic mass is 9.92. The van der Waals surface area contributed by atoms with Gasteiger partial charge in [0.1, 0.15) is 6.54 Å². The van der Waals surface area contributed by atoms with Gasteiger partial charge in [0.25, 0.3) is 10.0 Å². The zero-order valence-electron chi connectivity index (χ0n) is 19.9. The Morgan fingerprint density at radius 1 is 0.818 bits per heavy atom. The summed E-state index contributed by atoms with van der Waals surface area (Å²) >= 11 is 0. The van der Waals surface area contributed by atoms with Crippen molar-refractivity contribution in [2.45, 2.75) is 51.3 Å². The van der Waals surface area contributed by atoms with Crippen molar-refractivity contribution in [1.82, 2.24) is 0 Å². The highest BCUT2D eigenvalue weighted by atomic mass is 32.2. The monoisotopic (exact) mass is 464 g/mol. The zero-order valence-corrected chi connectivity index (χ0v) is 20.7. The molecule has 3 rings (SSSR count). The third kappa shape index (κ3) is 5.45. The van der Waals surface area contributed by atoms with Crippen molar-refractivity contribution in [3.8, 4) is 0 Å². The van der Waals surface area contributed by atoms with E-state index in [9.17, 15) is 13.2 Å². The van der Waals surface area contributed by atoms with Crippen molar-refractivity contribution in [3.63, 3.8) is 0 Å². The number of sulfonamides is 1. The predicted octanol–water partition coefficient (Wildman–Crippen LogP) is 6.08. The van der Waals surface area contributed by atoms with E-state index in [1.54, 1.807) is 42.5 Å². The summed E-state index contributed by atoms with van der Waals surface area (Å²) < 4.78 is 28.3. The number of amides is 1. The summed E-state index contributed by atoms with van der Waals surface area (Å²) in [5, 5.41) is 3.04. The standard InChI is InChI=1S/C27H32N2O3S/c1-19(2)23-15-11-16-24(20(3)4)27(23)28-26(30)18-29(25-17-10-9-12-21(25)5)33(31,32)22-13-7-6-8-14-22/h6-17,19-20H,18H2,1-5H3,(H,28,30). The number of rotatable bonds is 8. The molecular weight excluding hydrogens is 432 g/mol. The van der Waals surface area contributed by atoms with Gasteiger partial charge in [0.2, 0.25) is 5.91 Å². The molecule has 0 atom stereocenters. The molecule has 0 fully saturated rings. The van der Waals surface area contributed by atoms with Gasteiger partial charge in [0.05, 0.1) is 10.6 Å². The van der Waals surface area contributed by atoms with Crippen LogP contribution in [0.5, 0.6) is 0 Å². The largest absolute Gasteiger partial charge is 0.324 e. The van der Waals surface area contributed by atoms with Gasteiger partial charge in [-0.15, -0.1) is 0 Å². The van der Waals surface area contributed by atoms with Crippen LogP contribution in [0.4, 0.5) is 11.4 Å². The fourth-order valence-electron chi connectivity index (χ4n) is 3.87. The van der Waals surface area contributed by atoms with Crippen LogP contribution in [0.15, 0.2) is 77.7 Å². The average Bonchev–Trinajstić information content (AvgIpc) is 2.78. The SMILES string of the molecule is Cc1ccccc1N(CC(=O)Nc1c(C(C)C)cccc1C(C)C)S(=O)(=O)c1ccccc1. The fourth-order valence-corrected chi connectivity index (χ4v) is 5.37. The minimum absolute atomic E-state index is 0.145. The smallest absolute Gasteiger partial charge is 0.264 e. The molecule has 3 aromatic rings. The van der Waals surface area contributed by atoms with Gasteiger partial charge in [-0.3, -0.25) is 9.10 Å². The number of nitrogens with zero attached hydrogens (tertiary/aromatic N) is 1. The molecular formula is C27H32N2O3S. The number of hydrogen-bond donors (Lipinski definition) is 1. The summed E-state index contributed by atoms with van der Waals surface area (Å²) in [4.78, 5) is 13.5. The number of aryl methyl sites for hydroxylation is 1. The Labute approximate surface area is 197 Å². The van der Waals surface area contributed by atoms with Gasteiger partial charge in [-0.05, 0) is 53.6 Å². The second-order valence-corrected chi connectivity index (χ2v) is 10.6. The minimum atomic E-state index is -3.94. The van der Waals surface area contributed by atoms with Gasteiger partial charge >= 0.3 is 0 Å². The Morgan fingerprint density at radius 2 is 1.36 bits per heavy atom. The lowest BCUT2D eigenvalue weighted by molar-refractivity contribution is -0.114. The van der Waals surface area contributed by atoms with Crippen LogP contribution in [0.3, 0.4) is 0 Å². The van der Waals surface area contributed by atoms with Crippen molar-refractivity contribution in [3.05, 3.63) is 89.5 Å². The molecule has 0 bridgehead atoms. The Morgan fingerprint density at radius 3 is 1.91 bits per heavy atom. The summed E-state index contributed by atoms with van der Waals surface area (Å²) in [5.41, 5.74) is 4.09. The molecule has 1 amide bonds. The van der Waals surface area contributed by atoms with Gasteiger partial charge in [0, 0.05) is 5.69 Å². The molecule has 1 N–H and O–H groups in total. The number of carbonyl (C=O) groups excluding carboxylic acids is 1. The summed E-state index contributed by atoms with van der Waals surface area (Å²) in [6.07, 6.45) is 0.